The molecular formula is C14H27NO. The SMILES string of the molecule is COC1CCCC1NC(C)C1CCCCC1. The van der Waals surface area contributed by atoms with E-state index in [1.54, 1.807) is 0 Å². The summed E-state index contributed by atoms with van der Waals surface area (Å²) in [4.78, 5) is 0. The van der Waals surface area contributed by atoms with Gasteiger partial charge in [-0.2, -0.15) is 0 Å². The van der Waals surface area contributed by atoms with Crippen LogP contribution < -0.4 is 5.32 Å². The molecule has 0 heterocycles. The summed E-state index contributed by atoms with van der Waals surface area (Å²) in [7, 11) is 1.86. The smallest absolute Gasteiger partial charge is 0.0724 e. The van der Waals surface area contributed by atoms with E-state index in [1.807, 2.05) is 7.11 Å². The van der Waals surface area contributed by atoms with E-state index in [0.717, 1.165) is 5.92 Å². The van der Waals surface area contributed by atoms with Crippen LogP contribution in [0.15, 0.2) is 0 Å². The number of rotatable bonds is 4. The van der Waals surface area contributed by atoms with Crippen molar-refractivity contribution in [2.24, 2.45) is 5.92 Å². The summed E-state index contributed by atoms with van der Waals surface area (Å²) in [6, 6.07) is 1.29. The molecule has 94 valence electrons. The van der Waals surface area contributed by atoms with Crippen LogP contribution in [0.5, 0.6) is 0 Å². The Morgan fingerprint density at radius 1 is 1.00 bits per heavy atom. The second-order valence-corrected chi connectivity index (χ2v) is 5.66. The molecule has 2 rings (SSSR count). The van der Waals surface area contributed by atoms with Crippen LogP contribution in [0.2, 0.25) is 0 Å². The molecule has 1 N–H and O–H groups in total. The Morgan fingerprint density at radius 2 is 1.75 bits per heavy atom. The van der Waals surface area contributed by atoms with Gasteiger partial charge in [0, 0.05) is 19.2 Å². The maximum atomic E-state index is 5.55. The minimum atomic E-state index is 0.464. The zero-order valence-electron chi connectivity index (χ0n) is 10.9. The van der Waals surface area contributed by atoms with Crippen LogP contribution in [0.4, 0.5) is 0 Å². The molecule has 2 nitrogen and oxygen atoms in total. The molecule has 0 bridgehead atoms. The maximum absolute atomic E-state index is 5.55. The molecule has 0 radical (unpaired) electrons. The Kier molecular flexibility index (Phi) is 4.66. The zero-order valence-corrected chi connectivity index (χ0v) is 10.9. The summed E-state index contributed by atoms with van der Waals surface area (Å²) in [5.74, 6) is 0.909. The molecule has 2 heteroatoms. The third-order valence-electron chi connectivity index (χ3n) is 4.59. The van der Waals surface area contributed by atoms with Crippen molar-refractivity contribution < 1.29 is 4.74 Å². The number of ether oxygens (including phenoxy) is 1. The summed E-state index contributed by atoms with van der Waals surface area (Å²) < 4.78 is 5.55. The highest BCUT2D eigenvalue weighted by Gasteiger charge is 2.30. The van der Waals surface area contributed by atoms with Gasteiger partial charge in [0.2, 0.25) is 0 Å². The molecule has 2 aliphatic rings. The lowest BCUT2D eigenvalue weighted by atomic mass is 9.84. The van der Waals surface area contributed by atoms with Crippen LogP contribution in [-0.4, -0.2) is 25.3 Å². The fourth-order valence-electron chi connectivity index (χ4n) is 3.51. The van der Waals surface area contributed by atoms with Gasteiger partial charge in [0.25, 0.3) is 0 Å². The van der Waals surface area contributed by atoms with E-state index in [2.05, 4.69) is 12.2 Å². The predicted octanol–water partition coefficient (Wildman–Crippen LogP) is 3.11. The highest BCUT2D eigenvalue weighted by molar-refractivity contribution is 4.87. The van der Waals surface area contributed by atoms with Gasteiger partial charge in [-0.05, 0) is 44.9 Å². The van der Waals surface area contributed by atoms with Crippen LogP contribution in [0.1, 0.15) is 58.3 Å². The Morgan fingerprint density at radius 3 is 2.44 bits per heavy atom. The van der Waals surface area contributed by atoms with E-state index in [4.69, 9.17) is 4.74 Å². The molecule has 3 atom stereocenters. The van der Waals surface area contributed by atoms with Crippen molar-refractivity contribution in [3.05, 3.63) is 0 Å². The highest BCUT2D eigenvalue weighted by Crippen LogP contribution is 2.28. The van der Waals surface area contributed by atoms with Gasteiger partial charge in [-0.25, -0.2) is 0 Å². The normalized spacial score (nSPS) is 34.1. The second-order valence-electron chi connectivity index (χ2n) is 5.66. The Labute approximate surface area is 100 Å². The molecule has 2 saturated carbocycles. The largest absolute Gasteiger partial charge is 0.380 e. The molecule has 0 amide bonds. The van der Waals surface area contributed by atoms with Gasteiger partial charge in [-0.3, -0.25) is 0 Å². The highest BCUT2D eigenvalue weighted by atomic mass is 16.5. The van der Waals surface area contributed by atoms with E-state index < -0.39 is 0 Å². The van der Waals surface area contributed by atoms with Gasteiger partial charge in [0.15, 0.2) is 0 Å². The third kappa shape index (κ3) is 2.98. The Balaban J connectivity index is 1.78. The molecule has 0 aliphatic heterocycles. The minimum absolute atomic E-state index is 0.464. The second kappa shape index (κ2) is 6.02. The van der Waals surface area contributed by atoms with E-state index in [1.165, 1.54) is 51.4 Å². The van der Waals surface area contributed by atoms with Gasteiger partial charge >= 0.3 is 0 Å². The van der Waals surface area contributed by atoms with Crippen LogP contribution >= 0.6 is 0 Å². The molecule has 0 spiro atoms. The molecule has 0 saturated heterocycles. The summed E-state index contributed by atoms with van der Waals surface area (Å²) in [5.41, 5.74) is 0. The first-order valence-electron chi connectivity index (χ1n) is 7.10. The van der Waals surface area contributed by atoms with E-state index in [-0.39, 0.29) is 0 Å². The molecular weight excluding hydrogens is 198 g/mol. The van der Waals surface area contributed by atoms with Crippen LogP contribution in [0.3, 0.4) is 0 Å². The lowest BCUT2D eigenvalue weighted by Crippen LogP contribution is -2.45. The summed E-state index contributed by atoms with van der Waals surface area (Å²) >= 11 is 0. The van der Waals surface area contributed by atoms with Crippen molar-refractivity contribution in [2.75, 3.05) is 7.11 Å². The van der Waals surface area contributed by atoms with Crippen molar-refractivity contribution in [1.29, 1.82) is 0 Å². The van der Waals surface area contributed by atoms with Crippen molar-refractivity contribution >= 4 is 0 Å². The molecule has 2 fully saturated rings. The third-order valence-corrected chi connectivity index (χ3v) is 4.59. The molecule has 0 aromatic carbocycles. The number of nitrogens with one attached hydrogen (secondary N) is 1. The van der Waals surface area contributed by atoms with Crippen molar-refractivity contribution in [2.45, 2.75) is 76.5 Å². The Bertz CT molecular complexity index is 201. The molecule has 16 heavy (non-hydrogen) atoms. The van der Waals surface area contributed by atoms with Gasteiger partial charge < -0.3 is 10.1 Å². The summed E-state index contributed by atoms with van der Waals surface area (Å²) in [6.07, 6.45) is 11.5. The fraction of sp³-hybridized carbons (Fsp3) is 1.00. The minimum Gasteiger partial charge on any atom is -0.380 e. The van der Waals surface area contributed by atoms with E-state index in [0.29, 0.717) is 18.2 Å². The maximum Gasteiger partial charge on any atom is 0.0724 e. The fourth-order valence-corrected chi connectivity index (χ4v) is 3.51. The number of hydrogen-bond donors (Lipinski definition) is 1. The lowest BCUT2D eigenvalue weighted by molar-refractivity contribution is 0.0773. The first-order valence-corrected chi connectivity index (χ1v) is 7.10. The first-order chi connectivity index (χ1) is 7.81. The zero-order chi connectivity index (χ0) is 11.4. The van der Waals surface area contributed by atoms with Crippen molar-refractivity contribution in [3.63, 3.8) is 0 Å². The van der Waals surface area contributed by atoms with Crippen molar-refractivity contribution in [1.82, 2.24) is 5.32 Å². The first kappa shape index (κ1) is 12.4. The molecule has 3 unspecified atom stereocenters. The number of methoxy groups -OCH3 is 1. The average Bonchev–Trinajstić information content (AvgIpc) is 2.77. The average molecular weight is 225 g/mol. The van der Waals surface area contributed by atoms with Gasteiger partial charge in [-0.15, -0.1) is 0 Å². The van der Waals surface area contributed by atoms with Crippen LogP contribution in [0.25, 0.3) is 0 Å². The lowest BCUT2D eigenvalue weighted by Gasteiger charge is -2.32. The monoisotopic (exact) mass is 225 g/mol. The van der Waals surface area contributed by atoms with Gasteiger partial charge in [0.1, 0.15) is 0 Å². The topological polar surface area (TPSA) is 21.3 Å². The molecule has 0 aromatic rings. The van der Waals surface area contributed by atoms with E-state index >= 15 is 0 Å². The standard InChI is InChI=1S/C14H27NO/c1-11(12-7-4-3-5-8-12)15-13-9-6-10-14(13)16-2/h11-15H,3-10H2,1-2H3. The van der Waals surface area contributed by atoms with Crippen LogP contribution in [0, 0.1) is 5.92 Å². The van der Waals surface area contributed by atoms with Gasteiger partial charge in [-0.1, -0.05) is 19.3 Å². The summed E-state index contributed by atoms with van der Waals surface area (Å²) in [6.45, 7) is 2.38. The number of hydrogen-bond acceptors (Lipinski definition) is 2. The Hall–Kier alpha value is -0.0800. The van der Waals surface area contributed by atoms with Crippen molar-refractivity contribution in [3.8, 4) is 0 Å². The molecule has 0 aromatic heterocycles. The van der Waals surface area contributed by atoms with Crippen LogP contribution in [-0.2, 0) is 4.74 Å². The molecule has 2 aliphatic carbocycles. The van der Waals surface area contributed by atoms with Gasteiger partial charge in [0.05, 0.1) is 6.10 Å². The predicted molar refractivity (Wildman–Crippen MR) is 67.6 cm³/mol. The quantitative estimate of drug-likeness (QED) is 0.794. The van der Waals surface area contributed by atoms with E-state index in [9.17, 15) is 0 Å². The summed E-state index contributed by atoms with van der Waals surface area (Å²) in [5, 5.41) is 3.82.